The number of aromatic nitrogens is 4. The van der Waals surface area contributed by atoms with Gasteiger partial charge in [-0.05, 0) is 24.6 Å². The summed E-state index contributed by atoms with van der Waals surface area (Å²) in [5.41, 5.74) is -0.0109. The van der Waals surface area contributed by atoms with Crippen LogP contribution in [-0.2, 0) is 24.1 Å². The number of hydrogen-bond donors (Lipinski definition) is 1. The van der Waals surface area contributed by atoms with Crippen molar-refractivity contribution in [2.45, 2.75) is 26.2 Å². The second-order valence-electron chi connectivity index (χ2n) is 6.23. The fourth-order valence-electron chi connectivity index (χ4n) is 2.66. The lowest BCUT2D eigenvalue weighted by Crippen LogP contribution is -2.18. The Kier molecular flexibility index (Phi) is 5.35. The van der Waals surface area contributed by atoms with Gasteiger partial charge in [-0.15, -0.1) is 0 Å². The first-order valence-corrected chi connectivity index (χ1v) is 8.28. The van der Waals surface area contributed by atoms with E-state index in [0.717, 1.165) is 23.0 Å². The first-order chi connectivity index (χ1) is 13.6. The predicted molar refractivity (Wildman–Crippen MR) is 95.0 cm³/mol. The lowest BCUT2D eigenvalue weighted by Gasteiger charge is -2.08. The Balaban J connectivity index is 1.62. The molecule has 0 fully saturated rings. The Hall–Kier alpha value is -3.70. The Morgan fingerprint density at radius 2 is 2.03 bits per heavy atom. The summed E-state index contributed by atoms with van der Waals surface area (Å²) in [4.78, 5) is 22.3. The van der Waals surface area contributed by atoms with E-state index in [2.05, 4.69) is 15.5 Å². The molecule has 1 aromatic carbocycles. The maximum Gasteiger partial charge on any atom is 0.416 e. The first-order valence-electron chi connectivity index (χ1n) is 8.28. The van der Waals surface area contributed by atoms with E-state index in [9.17, 15) is 28.1 Å². The summed E-state index contributed by atoms with van der Waals surface area (Å²) in [6, 6.07) is 4.88. The largest absolute Gasteiger partial charge is 0.416 e. The van der Waals surface area contributed by atoms with Crippen LogP contribution in [-0.4, -0.2) is 30.4 Å². The molecule has 1 amide bonds. The molecule has 0 aliphatic rings. The van der Waals surface area contributed by atoms with Crippen LogP contribution in [0.4, 0.5) is 24.5 Å². The molecule has 29 heavy (non-hydrogen) atoms. The number of aryl methyl sites for hydroxylation is 1. The summed E-state index contributed by atoms with van der Waals surface area (Å²) >= 11 is 0. The third-order valence-electron chi connectivity index (χ3n) is 3.94. The summed E-state index contributed by atoms with van der Waals surface area (Å²) in [5, 5.41) is 21.3. The van der Waals surface area contributed by atoms with Gasteiger partial charge in [0.2, 0.25) is 5.91 Å². The van der Waals surface area contributed by atoms with Crippen molar-refractivity contribution >= 4 is 17.3 Å². The zero-order valence-electron chi connectivity index (χ0n) is 15.1. The Morgan fingerprint density at radius 1 is 1.28 bits per heavy atom. The number of nitrogens with one attached hydrogen (secondary N) is 1. The number of carbonyl (C=O) groups is 1. The molecule has 0 saturated heterocycles. The molecule has 2 heterocycles. The average Bonchev–Trinajstić information content (AvgIpc) is 3.20. The fraction of sp³-hybridized carbons (Fsp3) is 0.235. The van der Waals surface area contributed by atoms with Crippen LogP contribution < -0.4 is 5.32 Å². The van der Waals surface area contributed by atoms with Crippen molar-refractivity contribution in [1.29, 1.82) is 0 Å². The van der Waals surface area contributed by atoms with E-state index < -0.39 is 22.6 Å². The van der Waals surface area contributed by atoms with Crippen molar-refractivity contribution in [2.24, 2.45) is 0 Å². The molecule has 3 aromatic rings. The topological polar surface area (TPSA) is 108 Å². The molecular weight excluding hydrogens is 393 g/mol. The van der Waals surface area contributed by atoms with Crippen LogP contribution in [0.2, 0.25) is 0 Å². The molecule has 9 nitrogen and oxygen atoms in total. The first kappa shape index (κ1) is 20.0. The molecule has 0 unspecified atom stereocenters. The highest BCUT2D eigenvalue weighted by Gasteiger charge is 2.30. The van der Waals surface area contributed by atoms with Gasteiger partial charge in [0.15, 0.2) is 0 Å². The van der Waals surface area contributed by atoms with Crippen LogP contribution in [0.25, 0.3) is 0 Å². The van der Waals surface area contributed by atoms with Gasteiger partial charge in [0, 0.05) is 6.20 Å². The number of halogens is 3. The minimum absolute atomic E-state index is 0.0876. The van der Waals surface area contributed by atoms with Crippen molar-refractivity contribution in [1.82, 2.24) is 19.6 Å². The van der Waals surface area contributed by atoms with Crippen LogP contribution >= 0.6 is 0 Å². The van der Waals surface area contributed by atoms with E-state index in [1.54, 1.807) is 6.07 Å². The number of nitro groups is 1. The van der Waals surface area contributed by atoms with E-state index in [0.29, 0.717) is 11.3 Å². The fourth-order valence-corrected chi connectivity index (χ4v) is 2.66. The number of nitrogens with zero attached hydrogens (tertiary/aromatic N) is 5. The van der Waals surface area contributed by atoms with Gasteiger partial charge in [0.05, 0.1) is 28.9 Å². The van der Waals surface area contributed by atoms with Gasteiger partial charge < -0.3 is 5.32 Å². The number of benzene rings is 1. The van der Waals surface area contributed by atoms with E-state index in [-0.39, 0.29) is 24.5 Å². The van der Waals surface area contributed by atoms with Gasteiger partial charge >= 0.3 is 11.9 Å². The smallest absolute Gasteiger partial charge is 0.322 e. The number of hydrogen-bond acceptors (Lipinski definition) is 5. The van der Waals surface area contributed by atoms with E-state index in [1.807, 2.05) is 0 Å². The van der Waals surface area contributed by atoms with Crippen molar-refractivity contribution in [3.8, 4) is 0 Å². The second kappa shape index (κ2) is 7.73. The highest BCUT2D eigenvalue weighted by molar-refractivity contribution is 5.90. The van der Waals surface area contributed by atoms with Crippen molar-refractivity contribution in [2.75, 3.05) is 5.32 Å². The van der Waals surface area contributed by atoms with E-state index >= 15 is 0 Å². The molecule has 12 heteroatoms. The third kappa shape index (κ3) is 4.97. The molecule has 0 bridgehead atoms. The normalized spacial score (nSPS) is 11.4. The lowest BCUT2D eigenvalue weighted by molar-refractivity contribution is -0.385. The Bertz CT molecular complexity index is 1060. The summed E-state index contributed by atoms with van der Waals surface area (Å²) in [5.74, 6) is -0.485. The molecule has 0 aliphatic heterocycles. The van der Waals surface area contributed by atoms with Crippen LogP contribution in [0.5, 0.6) is 0 Å². The van der Waals surface area contributed by atoms with Gasteiger partial charge in [-0.2, -0.15) is 23.4 Å². The zero-order chi connectivity index (χ0) is 21.2. The predicted octanol–water partition coefficient (Wildman–Crippen LogP) is 3.00. The number of rotatable bonds is 6. The van der Waals surface area contributed by atoms with Gasteiger partial charge in [0.25, 0.3) is 0 Å². The van der Waals surface area contributed by atoms with Crippen LogP contribution in [0.15, 0.2) is 42.9 Å². The van der Waals surface area contributed by atoms with Crippen LogP contribution in [0.1, 0.15) is 16.8 Å². The van der Waals surface area contributed by atoms with Gasteiger partial charge in [-0.3, -0.25) is 24.3 Å². The van der Waals surface area contributed by atoms with Crippen molar-refractivity contribution in [3.05, 3.63) is 69.8 Å². The SMILES string of the molecule is Cc1nn(CC(=O)Nc2cnn(Cc3cccc(C(F)(F)F)c3)c2)cc1[N+](=O)[O-]. The molecular formula is C17H15F3N6O3. The maximum absolute atomic E-state index is 12.8. The minimum Gasteiger partial charge on any atom is -0.322 e. The molecule has 0 saturated carbocycles. The molecule has 0 atom stereocenters. The second-order valence-corrected chi connectivity index (χ2v) is 6.23. The number of anilines is 1. The van der Waals surface area contributed by atoms with E-state index in [4.69, 9.17) is 0 Å². The highest BCUT2D eigenvalue weighted by Crippen LogP contribution is 2.29. The number of carbonyl (C=O) groups excluding carboxylic acids is 1. The average molecular weight is 408 g/mol. The van der Waals surface area contributed by atoms with Gasteiger partial charge in [-0.1, -0.05) is 12.1 Å². The number of amides is 1. The molecule has 152 valence electrons. The standard InChI is InChI=1S/C17H15F3N6O3/c1-11-15(26(28)29)9-25(23-11)10-16(27)22-14-6-21-24(8-14)7-12-3-2-4-13(5-12)17(18,19)20/h2-6,8-9H,7,10H2,1H3,(H,22,27). The minimum atomic E-state index is -4.43. The molecule has 2 aromatic heterocycles. The van der Waals surface area contributed by atoms with Gasteiger partial charge in [0.1, 0.15) is 18.4 Å². The molecule has 0 aliphatic carbocycles. The Morgan fingerprint density at radius 3 is 2.69 bits per heavy atom. The van der Waals surface area contributed by atoms with Crippen molar-refractivity contribution in [3.63, 3.8) is 0 Å². The Labute approximate surface area is 161 Å². The lowest BCUT2D eigenvalue weighted by atomic mass is 10.1. The van der Waals surface area contributed by atoms with Crippen LogP contribution in [0.3, 0.4) is 0 Å². The summed E-state index contributed by atoms with van der Waals surface area (Å²) in [6.07, 6.45) is -0.456. The monoisotopic (exact) mass is 408 g/mol. The van der Waals surface area contributed by atoms with Crippen molar-refractivity contribution < 1.29 is 22.9 Å². The quantitative estimate of drug-likeness (QED) is 0.498. The highest BCUT2D eigenvalue weighted by atomic mass is 19.4. The molecule has 1 N–H and O–H groups in total. The maximum atomic E-state index is 12.8. The van der Waals surface area contributed by atoms with Crippen LogP contribution in [0, 0.1) is 17.0 Å². The van der Waals surface area contributed by atoms with Gasteiger partial charge in [-0.25, -0.2) is 0 Å². The van der Waals surface area contributed by atoms with E-state index in [1.165, 1.54) is 30.1 Å². The third-order valence-corrected chi connectivity index (χ3v) is 3.94. The molecule has 0 spiro atoms. The summed E-state index contributed by atoms with van der Waals surface area (Å²) < 4.78 is 40.9. The summed E-state index contributed by atoms with van der Waals surface area (Å²) in [6.45, 7) is 1.31. The molecule has 3 rings (SSSR count). The number of alkyl halides is 3. The summed E-state index contributed by atoms with van der Waals surface area (Å²) in [7, 11) is 0. The molecule has 0 radical (unpaired) electrons. The zero-order valence-corrected chi connectivity index (χ0v) is 15.1.